The fourth-order valence-electron chi connectivity index (χ4n) is 4.65. The molecule has 0 bridgehead atoms. The second-order valence-electron chi connectivity index (χ2n) is 8.88. The number of ether oxygens (including phenoxy) is 2. The van der Waals surface area contributed by atoms with Gasteiger partial charge in [0, 0.05) is 43.3 Å². The Balaban J connectivity index is 1.40. The molecule has 0 amide bonds. The Labute approximate surface area is 213 Å². The highest BCUT2D eigenvalue weighted by Gasteiger charge is 2.28. The Morgan fingerprint density at radius 3 is 2.78 bits per heavy atom. The van der Waals surface area contributed by atoms with Crippen molar-refractivity contribution in [2.45, 2.75) is 25.0 Å². The standard InChI is InChI=1S/C25H25N7O4S/c1-16-19-14-27-21(20-15-28-31-9-3-8-26-25(20)31)13-23(19)32(29-16)22-5-4-17(12-24(22)35-2)30-37(33,34)18-6-10-36-11-7-18/h3-5,8-9,12-15,18,30H,6-7,10-11H2,1-2H3. The summed E-state index contributed by atoms with van der Waals surface area (Å²) in [5.41, 5.74) is 4.95. The molecule has 0 unspecified atom stereocenters. The van der Waals surface area contributed by atoms with E-state index in [1.807, 2.05) is 25.3 Å². The molecule has 1 fully saturated rings. The summed E-state index contributed by atoms with van der Waals surface area (Å²) in [5, 5.41) is 9.52. The highest BCUT2D eigenvalue weighted by Crippen LogP contribution is 2.33. The predicted octanol–water partition coefficient (Wildman–Crippen LogP) is 3.37. The summed E-state index contributed by atoms with van der Waals surface area (Å²) in [6.45, 7) is 2.81. The van der Waals surface area contributed by atoms with Crippen LogP contribution in [0.25, 0.3) is 33.5 Å². The van der Waals surface area contributed by atoms with E-state index >= 15 is 0 Å². The average molecular weight is 520 g/mol. The molecule has 0 aliphatic carbocycles. The number of anilines is 1. The van der Waals surface area contributed by atoms with E-state index < -0.39 is 15.3 Å². The molecule has 0 radical (unpaired) electrons. The van der Waals surface area contributed by atoms with Crippen LogP contribution in [0.1, 0.15) is 18.5 Å². The van der Waals surface area contributed by atoms with Gasteiger partial charge in [0.1, 0.15) is 11.4 Å². The van der Waals surface area contributed by atoms with Gasteiger partial charge in [-0.2, -0.15) is 10.2 Å². The molecule has 5 heterocycles. The van der Waals surface area contributed by atoms with E-state index in [1.54, 1.807) is 53.1 Å². The number of sulfonamides is 1. The number of aryl methyl sites for hydroxylation is 1. The largest absolute Gasteiger partial charge is 0.494 e. The van der Waals surface area contributed by atoms with Gasteiger partial charge in [-0.15, -0.1) is 0 Å². The average Bonchev–Trinajstić information content (AvgIpc) is 3.50. The highest BCUT2D eigenvalue weighted by molar-refractivity contribution is 7.93. The van der Waals surface area contributed by atoms with E-state index in [0.29, 0.717) is 54.5 Å². The summed E-state index contributed by atoms with van der Waals surface area (Å²) in [5.74, 6) is 0.479. The minimum atomic E-state index is -3.55. The summed E-state index contributed by atoms with van der Waals surface area (Å²) in [4.78, 5) is 9.08. The van der Waals surface area contributed by atoms with Crippen LogP contribution in [0.5, 0.6) is 5.75 Å². The van der Waals surface area contributed by atoms with Gasteiger partial charge in [-0.3, -0.25) is 9.71 Å². The highest BCUT2D eigenvalue weighted by atomic mass is 32.2. The minimum absolute atomic E-state index is 0.431. The molecule has 0 atom stereocenters. The van der Waals surface area contributed by atoms with Crippen molar-refractivity contribution >= 4 is 32.3 Å². The Kier molecular flexibility index (Phi) is 5.76. The molecule has 190 valence electrons. The zero-order chi connectivity index (χ0) is 25.6. The van der Waals surface area contributed by atoms with Gasteiger partial charge >= 0.3 is 0 Å². The van der Waals surface area contributed by atoms with Crippen LogP contribution in [0.15, 0.2) is 55.1 Å². The first-order chi connectivity index (χ1) is 17.9. The molecule has 1 aromatic carbocycles. The molecule has 1 saturated heterocycles. The Morgan fingerprint density at radius 1 is 1.14 bits per heavy atom. The van der Waals surface area contributed by atoms with Gasteiger partial charge in [0.2, 0.25) is 10.0 Å². The Morgan fingerprint density at radius 2 is 1.97 bits per heavy atom. The van der Waals surface area contributed by atoms with Gasteiger partial charge in [-0.1, -0.05) is 0 Å². The van der Waals surface area contributed by atoms with Crippen LogP contribution in [-0.2, 0) is 14.8 Å². The first-order valence-electron chi connectivity index (χ1n) is 11.9. The van der Waals surface area contributed by atoms with Crippen molar-refractivity contribution in [3.63, 3.8) is 0 Å². The molecule has 1 aliphatic heterocycles. The van der Waals surface area contributed by atoms with Gasteiger partial charge in [0.05, 0.1) is 46.7 Å². The molecular weight excluding hydrogens is 494 g/mol. The van der Waals surface area contributed by atoms with Gasteiger partial charge in [0.15, 0.2) is 5.65 Å². The smallest absolute Gasteiger partial charge is 0.235 e. The molecule has 0 spiro atoms. The van der Waals surface area contributed by atoms with E-state index in [2.05, 4.69) is 19.8 Å². The monoisotopic (exact) mass is 519 g/mol. The predicted molar refractivity (Wildman–Crippen MR) is 139 cm³/mol. The summed E-state index contributed by atoms with van der Waals surface area (Å²) in [6, 6.07) is 8.95. The van der Waals surface area contributed by atoms with Crippen LogP contribution in [-0.4, -0.2) is 63.4 Å². The number of pyridine rings is 1. The first-order valence-corrected chi connectivity index (χ1v) is 13.4. The summed E-state index contributed by atoms with van der Waals surface area (Å²) in [6.07, 6.45) is 8.03. The lowest BCUT2D eigenvalue weighted by Gasteiger charge is -2.23. The fraction of sp³-hybridized carbons (Fsp3) is 0.280. The van der Waals surface area contributed by atoms with Crippen LogP contribution in [0, 0.1) is 6.92 Å². The van der Waals surface area contributed by atoms with Crippen molar-refractivity contribution in [3.8, 4) is 22.7 Å². The van der Waals surface area contributed by atoms with Gasteiger partial charge < -0.3 is 9.47 Å². The van der Waals surface area contributed by atoms with Crippen molar-refractivity contribution in [1.82, 2.24) is 29.4 Å². The molecule has 5 aromatic rings. The van der Waals surface area contributed by atoms with E-state index in [9.17, 15) is 8.42 Å². The SMILES string of the molecule is COc1cc(NS(=O)(=O)C2CCOCC2)ccc1-n1nc(C)c2cnc(-c3cnn4cccnc34)cc21. The molecule has 1 N–H and O–H groups in total. The minimum Gasteiger partial charge on any atom is -0.494 e. The van der Waals surface area contributed by atoms with Crippen LogP contribution in [0.3, 0.4) is 0 Å². The topological polar surface area (TPSA) is 126 Å². The second-order valence-corrected chi connectivity index (χ2v) is 10.8. The molecule has 12 heteroatoms. The lowest BCUT2D eigenvalue weighted by atomic mass is 10.1. The van der Waals surface area contributed by atoms with Crippen LogP contribution < -0.4 is 9.46 Å². The Bertz CT molecular complexity index is 1720. The number of fused-ring (bicyclic) bond motifs is 2. The quantitative estimate of drug-likeness (QED) is 0.362. The van der Waals surface area contributed by atoms with E-state index in [0.717, 1.165) is 22.2 Å². The number of rotatable bonds is 6. The lowest BCUT2D eigenvalue weighted by Crippen LogP contribution is -2.33. The number of methoxy groups -OCH3 is 1. The number of hydrogen-bond donors (Lipinski definition) is 1. The molecular formula is C25H25N7O4S. The zero-order valence-electron chi connectivity index (χ0n) is 20.3. The maximum Gasteiger partial charge on any atom is 0.235 e. The normalized spacial score (nSPS) is 14.9. The van der Waals surface area contributed by atoms with Crippen molar-refractivity contribution in [2.75, 3.05) is 25.0 Å². The third kappa shape index (κ3) is 4.17. The second kappa shape index (κ2) is 9.12. The van der Waals surface area contributed by atoms with Gasteiger partial charge in [0.25, 0.3) is 0 Å². The lowest BCUT2D eigenvalue weighted by molar-refractivity contribution is 0.0984. The summed E-state index contributed by atoms with van der Waals surface area (Å²) in [7, 11) is -2.00. The number of nitrogens with one attached hydrogen (secondary N) is 1. The Hall–Kier alpha value is -4.03. The number of benzene rings is 1. The maximum absolute atomic E-state index is 12.9. The van der Waals surface area contributed by atoms with E-state index in [1.165, 1.54) is 0 Å². The van der Waals surface area contributed by atoms with Gasteiger partial charge in [-0.05, 0) is 44.0 Å². The summed E-state index contributed by atoms with van der Waals surface area (Å²) >= 11 is 0. The maximum atomic E-state index is 12.9. The molecule has 11 nitrogen and oxygen atoms in total. The first kappa shape index (κ1) is 23.4. The number of nitrogens with zero attached hydrogens (tertiary/aromatic N) is 6. The van der Waals surface area contributed by atoms with Crippen molar-refractivity contribution < 1.29 is 17.9 Å². The zero-order valence-corrected chi connectivity index (χ0v) is 21.1. The molecule has 4 aromatic heterocycles. The number of hydrogen-bond acceptors (Lipinski definition) is 8. The summed E-state index contributed by atoms with van der Waals surface area (Å²) < 4.78 is 42.9. The third-order valence-corrected chi connectivity index (χ3v) is 8.45. The van der Waals surface area contributed by atoms with Crippen LogP contribution in [0.2, 0.25) is 0 Å². The fourth-order valence-corrected chi connectivity index (χ4v) is 6.08. The van der Waals surface area contributed by atoms with Crippen molar-refractivity contribution in [3.05, 3.63) is 60.8 Å². The van der Waals surface area contributed by atoms with Crippen molar-refractivity contribution in [2.24, 2.45) is 0 Å². The van der Waals surface area contributed by atoms with E-state index in [-0.39, 0.29) is 0 Å². The van der Waals surface area contributed by atoms with Crippen LogP contribution in [0.4, 0.5) is 5.69 Å². The van der Waals surface area contributed by atoms with Crippen molar-refractivity contribution in [1.29, 1.82) is 0 Å². The van der Waals surface area contributed by atoms with E-state index in [4.69, 9.17) is 14.6 Å². The van der Waals surface area contributed by atoms with Gasteiger partial charge in [-0.25, -0.2) is 22.6 Å². The molecule has 1 aliphatic rings. The molecule has 6 rings (SSSR count). The number of aromatic nitrogens is 6. The van der Waals surface area contributed by atoms with Crippen LogP contribution >= 0.6 is 0 Å². The third-order valence-electron chi connectivity index (χ3n) is 6.58. The molecule has 37 heavy (non-hydrogen) atoms. The molecule has 0 saturated carbocycles.